The van der Waals surface area contributed by atoms with Crippen molar-refractivity contribution in [1.29, 1.82) is 0 Å². The van der Waals surface area contributed by atoms with E-state index >= 15 is 0 Å². The molecule has 2 amide bonds. The predicted octanol–water partition coefficient (Wildman–Crippen LogP) is 2.64. The minimum atomic E-state index is -0.653. The van der Waals surface area contributed by atoms with Gasteiger partial charge in [-0.25, -0.2) is 20.0 Å². The number of hydrogen-bond acceptors (Lipinski definition) is 5. The van der Waals surface area contributed by atoms with Crippen LogP contribution in [0, 0.1) is 0 Å². The van der Waals surface area contributed by atoms with Gasteiger partial charge in [-0.05, 0) is 27.0 Å². The fourth-order valence-corrected chi connectivity index (χ4v) is 1.84. The van der Waals surface area contributed by atoms with Crippen LogP contribution in [-0.2, 0) is 9.47 Å². The average molecular weight is 292 g/mol. The van der Waals surface area contributed by atoms with Crippen molar-refractivity contribution in [3.05, 3.63) is 0 Å². The van der Waals surface area contributed by atoms with Crippen LogP contribution in [0.3, 0.4) is 0 Å². The van der Waals surface area contributed by atoms with E-state index < -0.39 is 17.8 Å². The first-order chi connectivity index (χ1) is 8.81. The van der Waals surface area contributed by atoms with Crippen LogP contribution in [0.1, 0.15) is 34.6 Å². The van der Waals surface area contributed by atoms with Crippen molar-refractivity contribution >= 4 is 23.9 Å². The summed E-state index contributed by atoms with van der Waals surface area (Å²) < 4.78 is 10.1. The molecule has 0 saturated carbocycles. The maximum atomic E-state index is 11.4. The van der Waals surface area contributed by atoms with Gasteiger partial charge in [-0.2, -0.15) is 11.8 Å². The number of nitrogens with zero attached hydrogens (tertiary/aromatic N) is 1. The van der Waals surface area contributed by atoms with Crippen LogP contribution in [0.25, 0.3) is 0 Å². The Kier molecular flexibility index (Phi) is 7.66. The molecule has 1 N–H and O–H groups in total. The monoisotopic (exact) mass is 292 g/mol. The highest BCUT2D eigenvalue weighted by molar-refractivity contribution is 7.98. The standard InChI is InChI=1S/C10H18N2O4S.C2H6/c1-10(2,3)16-8(13)11-12-5-7(6-17-4)15-9(12)14;1-2/h7H,5-6H2,1-4H3,(H,11,13);1-2H3/t7-;/m0./s1. The second-order valence-corrected chi connectivity index (χ2v) is 5.60. The molecular weight excluding hydrogens is 268 g/mol. The van der Waals surface area contributed by atoms with Crippen LogP contribution in [0.5, 0.6) is 0 Å². The molecule has 1 aliphatic rings. The lowest BCUT2D eigenvalue weighted by atomic mass is 10.2. The topological polar surface area (TPSA) is 67.9 Å². The average Bonchev–Trinajstić information content (AvgIpc) is 2.60. The summed E-state index contributed by atoms with van der Waals surface area (Å²) in [6.07, 6.45) is 0.541. The maximum absolute atomic E-state index is 11.4. The number of hydrogen-bond donors (Lipinski definition) is 1. The van der Waals surface area contributed by atoms with Gasteiger partial charge in [0.15, 0.2) is 0 Å². The number of hydrazine groups is 1. The van der Waals surface area contributed by atoms with Crippen molar-refractivity contribution in [1.82, 2.24) is 10.4 Å². The molecule has 1 heterocycles. The van der Waals surface area contributed by atoms with Gasteiger partial charge in [-0.15, -0.1) is 0 Å². The summed E-state index contributed by atoms with van der Waals surface area (Å²) in [6.45, 7) is 9.61. The van der Waals surface area contributed by atoms with Crippen molar-refractivity contribution < 1.29 is 19.1 Å². The van der Waals surface area contributed by atoms with E-state index in [1.54, 1.807) is 32.5 Å². The smallest absolute Gasteiger partial charge is 0.429 e. The van der Waals surface area contributed by atoms with E-state index in [4.69, 9.17) is 9.47 Å². The van der Waals surface area contributed by atoms with Crippen molar-refractivity contribution in [2.45, 2.75) is 46.3 Å². The molecule has 1 rings (SSSR count). The molecule has 0 aromatic heterocycles. The molecule has 0 radical (unpaired) electrons. The molecule has 1 saturated heterocycles. The Morgan fingerprint density at radius 3 is 2.58 bits per heavy atom. The third kappa shape index (κ3) is 7.15. The lowest BCUT2D eigenvalue weighted by Gasteiger charge is -2.22. The van der Waals surface area contributed by atoms with E-state index in [0.717, 1.165) is 5.01 Å². The molecule has 7 heteroatoms. The Hall–Kier alpha value is -1.11. The van der Waals surface area contributed by atoms with Gasteiger partial charge in [0.25, 0.3) is 0 Å². The molecule has 19 heavy (non-hydrogen) atoms. The lowest BCUT2D eigenvalue weighted by Crippen LogP contribution is -2.45. The largest absolute Gasteiger partial charge is 0.443 e. The summed E-state index contributed by atoms with van der Waals surface area (Å²) in [5.74, 6) is 0.707. The summed E-state index contributed by atoms with van der Waals surface area (Å²) in [5.41, 5.74) is 1.77. The fraction of sp³-hybridized carbons (Fsp3) is 0.833. The van der Waals surface area contributed by atoms with Gasteiger partial charge in [-0.1, -0.05) is 13.8 Å². The van der Waals surface area contributed by atoms with E-state index in [-0.39, 0.29) is 6.10 Å². The zero-order valence-electron chi connectivity index (χ0n) is 12.5. The van der Waals surface area contributed by atoms with Crippen LogP contribution in [0.4, 0.5) is 9.59 Å². The first-order valence-electron chi connectivity index (χ1n) is 6.28. The molecule has 6 nitrogen and oxygen atoms in total. The lowest BCUT2D eigenvalue weighted by molar-refractivity contribution is 0.0389. The van der Waals surface area contributed by atoms with Crippen molar-refractivity contribution in [3.8, 4) is 0 Å². The van der Waals surface area contributed by atoms with Crippen LogP contribution in [-0.4, -0.2) is 47.5 Å². The van der Waals surface area contributed by atoms with Gasteiger partial charge in [0, 0.05) is 5.75 Å². The number of ether oxygens (including phenoxy) is 2. The zero-order chi connectivity index (χ0) is 15.1. The highest BCUT2D eigenvalue weighted by Gasteiger charge is 2.33. The highest BCUT2D eigenvalue weighted by Crippen LogP contribution is 2.13. The van der Waals surface area contributed by atoms with E-state index in [1.165, 1.54) is 0 Å². The Morgan fingerprint density at radius 2 is 2.11 bits per heavy atom. The van der Waals surface area contributed by atoms with E-state index in [0.29, 0.717) is 12.3 Å². The van der Waals surface area contributed by atoms with Gasteiger partial charge in [0.05, 0.1) is 6.54 Å². The van der Waals surface area contributed by atoms with Gasteiger partial charge in [0.2, 0.25) is 0 Å². The van der Waals surface area contributed by atoms with Crippen LogP contribution >= 0.6 is 11.8 Å². The van der Waals surface area contributed by atoms with Gasteiger partial charge >= 0.3 is 12.2 Å². The SMILES string of the molecule is CC.CSC[C@@H]1CN(NC(=O)OC(C)(C)C)C(=O)O1. The third-order valence-electron chi connectivity index (χ3n) is 1.85. The van der Waals surface area contributed by atoms with Crippen molar-refractivity contribution in [2.75, 3.05) is 18.6 Å². The Morgan fingerprint density at radius 1 is 1.53 bits per heavy atom. The molecule has 1 aliphatic heterocycles. The molecule has 112 valence electrons. The quantitative estimate of drug-likeness (QED) is 0.866. The number of amides is 2. The van der Waals surface area contributed by atoms with Gasteiger partial charge < -0.3 is 9.47 Å². The Balaban J connectivity index is 0.00000154. The van der Waals surface area contributed by atoms with Crippen LogP contribution in [0.15, 0.2) is 0 Å². The van der Waals surface area contributed by atoms with Crippen LogP contribution < -0.4 is 5.43 Å². The molecule has 0 aliphatic carbocycles. The summed E-state index contributed by atoms with van der Waals surface area (Å²) in [5, 5.41) is 1.13. The number of carbonyl (C=O) groups excluding carboxylic acids is 2. The summed E-state index contributed by atoms with van der Waals surface area (Å²) in [7, 11) is 0. The summed E-state index contributed by atoms with van der Waals surface area (Å²) in [6, 6.07) is 0. The Labute approximate surface area is 119 Å². The second-order valence-electron chi connectivity index (χ2n) is 4.69. The molecular formula is C12H24N2O4S. The highest BCUT2D eigenvalue weighted by atomic mass is 32.2. The predicted molar refractivity (Wildman–Crippen MR) is 76.1 cm³/mol. The summed E-state index contributed by atoms with van der Waals surface area (Å²) in [4.78, 5) is 22.8. The Bertz CT molecular complexity index is 305. The van der Waals surface area contributed by atoms with Crippen LogP contribution in [0.2, 0.25) is 0 Å². The number of rotatable bonds is 3. The third-order valence-corrected chi connectivity index (χ3v) is 2.56. The number of nitrogens with one attached hydrogen (secondary N) is 1. The molecule has 0 unspecified atom stereocenters. The number of cyclic esters (lactones) is 1. The molecule has 1 atom stereocenters. The zero-order valence-corrected chi connectivity index (χ0v) is 13.3. The van der Waals surface area contributed by atoms with Gasteiger partial charge in [0.1, 0.15) is 11.7 Å². The minimum absolute atomic E-state index is 0.188. The molecule has 0 aromatic carbocycles. The van der Waals surface area contributed by atoms with Crippen molar-refractivity contribution in [3.63, 3.8) is 0 Å². The van der Waals surface area contributed by atoms with E-state index in [1.807, 2.05) is 20.1 Å². The minimum Gasteiger partial charge on any atom is -0.443 e. The number of thioether (sulfide) groups is 1. The maximum Gasteiger partial charge on any atom is 0.429 e. The molecule has 0 spiro atoms. The second kappa shape index (κ2) is 8.14. The first-order valence-corrected chi connectivity index (χ1v) is 7.68. The molecule has 1 fully saturated rings. The van der Waals surface area contributed by atoms with E-state index in [9.17, 15) is 9.59 Å². The molecule has 0 aromatic rings. The fourth-order valence-electron chi connectivity index (χ4n) is 1.30. The summed E-state index contributed by atoms with van der Waals surface area (Å²) >= 11 is 1.58. The molecule has 0 bridgehead atoms. The van der Waals surface area contributed by atoms with E-state index in [2.05, 4.69) is 5.43 Å². The number of carbonyl (C=O) groups is 2. The van der Waals surface area contributed by atoms with Crippen molar-refractivity contribution in [2.24, 2.45) is 0 Å². The first kappa shape index (κ1) is 17.9. The normalized spacial score (nSPS) is 18.3. The van der Waals surface area contributed by atoms with Gasteiger partial charge in [-0.3, -0.25) is 0 Å².